The number of anilines is 1. The highest BCUT2D eigenvalue weighted by Crippen LogP contribution is 2.22. The molecule has 19 heavy (non-hydrogen) atoms. The number of rotatable bonds is 4. The number of hydrogen-bond donors (Lipinski definition) is 1. The number of hydrogen-bond acceptors (Lipinski definition) is 3. The summed E-state index contributed by atoms with van der Waals surface area (Å²) in [6.07, 6.45) is 1.69. The van der Waals surface area contributed by atoms with E-state index in [2.05, 4.69) is 10.3 Å². The van der Waals surface area contributed by atoms with E-state index in [0.29, 0.717) is 16.6 Å². The second-order valence-corrected chi connectivity index (χ2v) is 4.40. The Balaban J connectivity index is 1.88. The highest BCUT2D eigenvalue weighted by atomic mass is 35.5. The number of para-hydroxylation sites is 1. The number of nitrogens with one attached hydrogen (secondary N) is 1. The van der Waals surface area contributed by atoms with Crippen molar-refractivity contribution in [2.75, 3.05) is 11.9 Å². The summed E-state index contributed by atoms with van der Waals surface area (Å²) in [6, 6.07) is 10.6. The fourth-order valence-corrected chi connectivity index (χ4v) is 1.62. The molecule has 1 aromatic carbocycles. The normalized spacial score (nSPS) is 10.0. The minimum Gasteiger partial charge on any atom is -0.482 e. The fourth-order valence-electron chi connectivity index (χ4n) is 1.43. The van der Waals surface area contributed by atoms with Crippen molar-refractivity contribution in [3.05, 3.63) is 53.2 Å². The van der Waals surface area contributed by atoms with E-state index in [1.54, 1.807) is 36.5 Å². The number of nitrogens with zero attached hydrogens (tertiary/aromatic N) is 1. The predicted octanol–water partition coefficient (Wildman–Crippen LogP) is 3.06. The lowest BCUT2D eigenvalue weighted by Gasteiger charge is -2.08. The van der Waals surface area contributed by atoms with Crippen molar-refractivity contribution in [1.82, 2.24) is 4.98 Å². The van der Waals surface area contributed by atoms with Crippen molar-refractivity contribution in [1.29, 1.82) is 0 Å². The van der Waals surface area contributed by atoms with Crippen molar-refractivity contribution in [3.8, 4) is 5.75 Å². The van der Waals surface area contributed by atoms with Gasteiger partial charge < -0.3 is 10.1 Å². The zero-order valence-electron chi connectivity index (χ0n) is 10.4. The summed E-state index contributed by atoms with van der Waals surface area (Å²) in [7, 11) is 0. The third-order valence-corrected chi connectivity index (χ3v) is 2.69. The third-order valence-electron chi connectivity index (χ3n) is 2.37. The Bertz CT molecular complexity index is 570. The van der Waals surface area contributed by atoms with Crippen LogP contribution in [0.2, 0.25) is 5.02 Å². The topological polar surface area (TPSA) is 51.2 Å². The largest absolute Gasteiger partial charge is 0.482 e. The summed E-state index contributed by atoms with van der Waals surface area (Å²) < 4.78 is 5.32. The van der Waals surface area contributed by atoms with E-state index < -0.39 is 0 Å². The van der Waals surface area contributed by atoms with Gasteiger partial charge >= 0.3 is 0 Å². The lowest BCUT2D eigenvalue weighted by molar-refractivity contribution is -0.118. The molecule has 0 aliphatic carbocycles. The quantitative estimate of drug-likeness (QED) is 0.934. The number of aromatic nitrogens is 1. The summed E-state index contributed by atoms with van der Waals surface area (Å²) in [5, 5.41) is 3.12. The molecule has 0 radical (unpaired) electrons. The van der Waals surface area contributed by atoms with E-state index >= 15 is 0 Å². The first kappa shape index (κ1) is 13.4. The minimum atomic E-state index is -0.281. The van der Waals surface area contributed by atoms with E-state index in [1.165, 1.54) is 0 Å². The molecule has 0 aliphatic rings. The smallest absolute Gasteiger partial charge is 0.263 e. The van der Waals surface area contributed by atoms with E-state index in [9.17, 15) is 4.79 Å². The SMILES string of the molecule is Cc1ccc(NC(=O)COc2ccccc2Cl)nc1. The molecule has 0 aliphatic heterocycles. The van der Waals surface area contributed by atoms with Crippen molar-refractivity contribution < 1.29 is 9.53 Å². The van der Waals surface area contributed by atoms with Gasteiger partial charge in [0.25, 0.3) is 5.91 Å². The van der Waals surface area contributed by atoms with Gasteiger partial charge in [0.2, 0.25) is 0 Å². The maximum Gasteiger partial charge on any atom is 0.263 e. The Labute approximate surface area is 116 Å². The highest BCUT2D eigenvalue weighted by molar-refractivity contribution is 6.32. The maximum absolute atomic E-state index is 11.7. The Hall–Kier alpha value is -2.07. The second-order valence-electron chi connectivity index (χ2n) is 3.99. The molecule has 0 spiro atoms. The molecule has 1 aromatic heterocycles. The zero-order chi connectivity index (χ0) is 13.7. The summed E-state index contributed by atoms with van der Waals surface area (Å²) in [6.45, 7) is 1.82. The molecule has 2 rings (SSSR count). The van der Waals surface area contributed by atoms with E-state index in [4.69, 9.17) is 16.3 Å². The van der Waals surface area contributed by atoms with E-state index in [1.807, 2.05) is 13.0 Å². The van der Waals surface area contributed by atoms with Crippen LogP contribution in [0.3, 0.4) is 0 Å². The van der Waals surface area contributed by atoms with Gasteiger partial charge in [-0.1, -0.05) is 29.8 Å². The van der Waals surface area contributed by atoms with Crippen LogP contribution in [0.5, 0.6) is 5.75 Å². The van der Waals surface area contributed by atoms with Gasteiger partial charge in [-0.25, -0.2) is 4.98 Å². The molecule has 1 amide bonds. The molecule has 0 saturated heterocycles. The minimum absolute atomic E-state index is 0.112. The van der Waals surface area contributed by atoms with Gasteiger partial charge in [0.15, 0.2) is 6.61 Å². The molecular formula is C14H13ClN2O2. The van der Waals surface area contributed by atoms with Crippen molar-refractivity contribution >= 4 is 23.3 Å². The fraction of sp³-hybridized carbons (Fsp3) is 0.143. The summed E-state index contributed by atoms with van der Waals surface area (Å²) in [5.74, 6) is 0.700. The Kier molecular flexibility index (Phi) is 4.36. The van der Waals surface area contributed by atoms with Gasteiger partial charge in [0.05, 0.1) is 5.02 Å². The summed E-state index contributed by atoms with van der Waals surface area (Å²) >= 11 is 5.92. The lowest BCUT2D eigenvalue weighted by atomic mass is 10.3. The van der Waals surface area contributed by atoms with Gasteiger partial charge in [-0.05, 0) is 30.7 Å². The number of aryl methyl sites for hydroxylation is 1. The van der Waals surface area contributed by atoms with Gasteiger partial charge in [-0.2, -0.15) is 0 Å². The van der Waals surface area contributed by atoms with Gasteiger partial charge in [-0.3, -0.25) is 4.79 Å². The molecule has 2 aromatic rings. The van der Waals surface area contributed by atoms with Crippen LogP contribution in [0, 0.1) is 6.92 Å². The van der Waals surface area contributed by atoms with Gasteiger partial charge in [-0.15, -0.1) is 0 Å². The Morgan fingerprint density at radius 3 is 2.79 bits per heavy atom. The van der Waals surface area contributed by atoms with Crippen LogP contribution >= 0.6 is 11.6 Å². The summed E-state index contributed by atoms with van der Waals surface area (Å²) in [4.78, 5) is 15.7. The molecule has 0 fully saturated rings. The van der Waals surface area contributed by atoms with Crippen molar-refractivity contribution in [2.45, 2.75) is 6.92 Å². The molecule has 0 unspecified atom stereocenters. The first-order valence-electron chi connectivity index (χ1n) is 5.75. The molecule has 98 valence electrons. The van der Waals surface area contributed by atoms with E-state index in [0.717, 1.165) is 5.56 Å². The number of pyridine rings is 1. The number of amides is 1. The first-order chi connectivity index (χ1) is 9.15. The molecule has 1 N–H and O–H groups in total. The molecule has 1 heterocycles. The number of halogens is 1. The van der Waals surface area contributed by atoms with Crippen LogP contribution < -0.4 is 10.1 Å². The van der Waals surface area contributed by atoms with Crippen molar-refractivity contribution in [2.24, 2.45) is 0 Å². The zero-order valence-corrected chi connectivity index (χ0v) is 11.1. The standard InChI is InChI=1S/C14H13ClN2O2/c1-10-6-7-13(16-8-10)17-14(18)9-19-12-5-3-2-4-11(12)15/h2-8H,9H2,1H3,(H,16,17,18). The predicted molar refractivity (Wildman–Crippen MR) is 74.6 cm³/mol. The number of carbonyl (C=O) groups excluding carboxylic acids is 1. The van der Waals surface area contributed by atoms with Crippen LogP contribution in [-0.4, -0.2) is 17.5 Å². The molecular weight excluding hydrogens is 264 g/mol. The molecule has 0 atom stereocenters. The average molecular weight is 277 g/mol. The lowest BCUT2D eigenvalue weighted by Crippen LogP contribution is -2.20. The molecule has 4 nitrogen and oxygen atoms in total. The van der Waals surface area contributed by atoms with Gasteiger partial charge in [0, 0.05) is 6.20 Å². The number of ether oxygens (including phenoxy) is 1. The van der Waals surface area contributed by atoms with Crippen molar-refractivity contribution in [3.63, 3.8) is 0 Å². The maximum atomic E-state index is 11.7. The Morgan fingerprint density at radius 2 is 2.11 bits per heavy atom. The average Bonchev–Trinajstić information content (AvgIpc) is 2.40. The molecule has 5 heteroatoms. The first-order valence-corrected chi connectivity index (χ1v) is 6.13. The second kappa shape index (κ2) is 6.20. The highest BCUT2D eigenvalue weighted by Gasteiger charge is 2.06. The third kappa shape index (κ3) is 3.96. The van der Waals surface area contributed by atoms with Crippen LogP contribution in [0.15, 0.2) is 42.6 Å². The monoisotopic (exact) mass is 276 g/mol. The number of carbonyl (C=O) groups is 1. The van der Waals surface area contributed by atoms with E-state index in [-0.39, 0.29) is 12.5 Å². The van der Waals surface area contributed by atoms with Crippen LogP contribution in [-0.2, 0) is 4.79 Å². The van der Waals surface area contributed by atoms with Crippen LogP contribution in [0.1, 0.15) is 5.56 Å². The van der Waals surface area contributed by atoms with Crippen LogP contribution in [0.4, 0.5) is 5.82 Å². The summed E-state index contributed by atoms with van der Waals surface area (Å²) in [5.41, 5.74) is 1.03. The van der Waals surface area contributed by atoms with Crippen LogP contribution in [0.25, 0.3) is 0 Å². The van der Waals surface area contributed by atoms with Gasteiger partial charge in [0.1, 0.15) is 11.6 Å². The molecule has 0 saturated carbocycles. The molecule has 0 bridgehead atoms. The Morgan fingerprint density at radius 1 is 1.32 bits per heavy atom. The number of benzene rings is 1.